The highest BCUT2D eigenvalue weighted by Gasteiger charge is 2.18. The van der Waals surface area contributed by atoms with E-state index in [9.17, 15) is 17.6 Å². The molecule has 0 saturated heterocycles. The third-order valence-electron chi connectivity index (χ3n) is 3.81. The summed E-state index contributed by atoms with van der Waals surface area (Å²) in [6.45, 7) is 0.205. The number of thiol groups is 1. The topological polar surface area (TPSA) is 89.3 Å². The highest BCUT2D eigenvalue weighted by atomic mass is 35.5. The third-order valence-corrected chi connectivity index (χ3v) is 4.74. The normalized spacial score (nSPS) is 11.3. The van der Waals surface area contributed by atoms with Gasteiger partial charge in [-0.3, -0.25) is 4.79 Å². The van der Waals surface area contributed by atoms with Gasteiger partial charge in [-0.15, -0.1) is 0 Å². The number of carbonyl (C=O) groups excluding carboxylic acids is 1. The lowest BCUT2D eigenvalue weighted by Gasteiger charge is -2.10. The fourth-order valence-corrected chi connectivity index (χ4v) is 3.22. The van der Waals surface area contributed by atoms with E-state index >= 15 is 0 Å². The lowest BCUT2D eigenvalue weighted by atomic mass is 9.99. The van der Waals surface area contributed by atoms with E-state index in [1.54, 1.807) is 12.1 Å². The first-order valence-electron chi connectivity index (χ1n) is 7.69. The number of rotatable bonds is 7. The number of carbonyl (C=O) groups is 1. The van der Waals surface area contributed by atoms with E-state index in [-0.39, 0.29) is 17.1 Å². The molecule has 0 spiro atoms. The molecule has 3 rings (SSSR count). The van der Waals surface area contributed by atoms with Crippen molar-refractivity contribution in [2.45, 2.75) is 12.8 Å². The fraction of sp³-hybridized carbons (Fsp3) is 0.176. The molecule has 0 unspecified atom stereocenters. The van der Waals surface area contributed by atoms with Crippen molar-refractivity contribution in [1.82, 2.24) is 9.71 Å². The highest BCUT2D eigenvalue weighted by molar-refractivity contribution is 7.70. The molecule has 0 saturated carbocycles. The second-order valence-corrected chi connectivity index (χ2v) is 6.77. The van der Waals surface area contributed by atoms with Crippen LogP contribution in [0.1, 0.15) is 27.9 Å². The van der Waals surface area contributed by atoms with E-state index < -0.39 is 22.5 Å². The summed E-state index contributed by atoms with van der Waals surface area (Å²) in [5.41, 5.74) is 1.85. The first kappa shape index (κ1) is 18.5. The molecule has 0 atom stereocenters. The van der Waals surface area contributed by atoms with Gasteiger partial charge in [0.2, 0.25) is 10.9 Å². The molecular formula is C17H14ClFN2O4S. The van der Waals surface area contributed by atoms with Crippen molar-refractivity contribution in [3.63, 3.8) is 0 Å². The van der Waals surface area contributed by atoms with Crippen LogP contribution in [0.4, 0.5) is 4.39 Å². The molecule has 0 aliphatic rings. The SMILES string of the molecule is O=C(c1ccc2ncoc2c1)c1cc(F)cc(CCCN[SH](=O)=O)c1Cl. The Hall–Kier alpha value is -2.29. The van der Waals surface area contributed by atoms with Gasteiger partial charge in [0.15, 0.2) is 17.8 Å². The molecule has 2 aromatic carbocycles. The molecule has 1 aromatic heterocycles. The van der Waals surface area contributed by atoms with Gasteiger partial charge in [-0.25, -0.2) is 22.5 Å². The second-order valence-electron chi connectivity index (χ2n) is 5.56. The highest BCUT2D eigenvalue weighted by Crippen LogP contribution is 2.27. The largest absolute Gasteiger partial charge is 0.443 e. The van der Waals surface area contributed by atoms with Gasteiger partial charge in [0.25, 0.3) is 0 Å². The average Bonchev–Trinajstić information content (AvgIpc) is 3.08. The summed E-state index contributed by atoms with van der Waals surface area (Å²) in [4.78, 5) is 16.7. The molecule has 0 radical (unpaired) electrons. The maximum atomic E-state index is 14.0. The molecule has 0 amide bonds. The van der Waals surface area contributed by atoms with Gasteiger partial charge in [0.1, 0.15) is 11.3 Å². The molecule has 0 fully saturated rings. The van der Waals surface area contributed by atoms with Crippen LogP contribution in [-0.2, 0) is 17.3 Å². The molecule has 1 N–H and O–H groups in total. The Kier molecular flexibility index (Phi) is 5.65. The number of nitrogens with zero attached hydrogens (tertiary/aromatic N) is 1. The summed E-state index contributed by atoms with van der Waals surface area (Å²) in [6.07, 6.45) is 2.02. The number of hydrogen-bond donors (Lipinski definition) is 2. The first-order valence-corrected chi connectivity index (χ1v) is 9.25. The number of fused-ring (bicyclic) bond motifs is 1. The van der Waals surface area contributed by atoms with Gasteiger partial charge in [0.05, 0.1) is 5.02 Å². The summed E-state index contributed by atoms with van der Waals surface area (Å²) in [6, 6.07) is 7.07. The molecule has 0 bridgehead atoms. The zero-order chi connectivity index (χ0) is 18.7. The Morgan fingerprint density at radius 2 is 2.08 bits per heavy atom. The Bertz CT molecular complexity index is 1040. The van der Waals surface area contributed by atoms with Crippen molar-refractivity contribution in [1.29, 1.82) is 0 Å². The minimum absolute atomic E-state index is 0.0448. The number of oxazole rings is 1. The van der Waals surface area contributed by atoms with Crippen LogP contribution in [0.25, 0.3) is 11.1 Å². The molecule has 6 nitrogen and oxygen atoms in total. The van der Waals surface area contributed by atoms with Crippen molar-refractivity contribution >= 4 is 39.4 Å². The molecule has 9 heteroatoms. The van der Waals surface area contributed by atoms with E-state index in [4.69, 9.17) is 16.0 Å². The lowest BCUT2D eigenvalue weighted by Crippen LogP contribution is -2.13. The Morgan fingerprint density at radius 1 is 1.27 bits per heavy atom. The standard InChI is InChI=1S/C17H14ClFN2O4S/c18-16-10(2-1-5-21-26(23)24)6-12(19)8-13(16)17(22)11-3-4-14-15(7-11)25-9-20-14/h3-4,6-9,26H,1-2,5H2,(H,21,23,24). The van der Waals surface area contributed by atoms with Gasteiger partial charge in [0, 0.05) is 17.7 Å². The smallest absolute Gasteiger partial charge is 0.201 e. The van der Waals surface area contributed by atoms with Crippen LogP contribution in [0, 0.1) is 5.82 Å². The Balaban J connectivity index is 1.87. The van der Waals surface area contributed by atoms with E-state index in [0.717, 1.165) is 6.07 Å². The Morgan fingerprint density at radius 3 is 2.85 bits per heavy atom. The van der Waals surface area contributed by atoms with E-state index in [0.29, 0.717) is 35.1 Å². The predicted octanol–water partition coefficient (Wildman–Crippen LogP) is 2.90. The summed E-state index contributed by atoms with van der Waals surface area (Å²) >= 11 is 6.30. The van der Waals surface area contributed by atoms with Crippen molar-refractivity contribution in [2.24, 2.45) is 0 Å². The van der Waals surface area contributed by atoms with Crippen LogP contribution in [-0.4, -0.2) is 25.7 Å². The van der Waals surface area contributed by atoms with Gasteiger partial charge in [-0.1, -0.05) is 11.6 Å². The van der Waals surface area contributed by atoms with Gasteiger partial charge >= 0.3 is 0 Å². The van der Waals surface area contributed by atoms with Crippen LogP contribution in [0.5, 0.6) is 0 Å². The van der Waals surface area contributed by atoms with Crippen molar-refractivity contribution in [2.75, 3.05) is 6.54 Å². The summed E-state index contributed by atoms with van der Waals surface area (Å²) < 4.78 is 42.4. The third kappa shape index (κ3) is 4.09. The molecule has 0 aliphatic heterocycles. The van der Waals surface area contributed by atoms with Crippen LogP contribution in [0.2, 0.25) is 5.02 Å². The number of hydrogen-bond acceptors (Lipinski definition) is 5. The van der Waals surface area contributed by atoms with E-state index in [2.05, 4.69) is 9.71 Å². The minimum atomic E-state index is -2.68. The maximum absolute atomic E-state index is 14.0. The van der Waals surface area contributed by atoms with Crippen LogP contribution < -0.4 is 4.72 Å². The molecule has 26 heavy (non-hydrogen) atoms. The van der Waals surface area contributed by atoms with Gasteiger partial charge in [-0.2, -0.15) is 0 Å². The van der Waals surface area contributed by atoms with Crippen molar-refractivity contribution in [3.05, 3.63) is 64.3 Å². The zero-order valence-electron chi connectivity index (χ0n) is 13.4. The van der Waals surface area contributed by atoms with Gasteiger partial charge < -0.3 is 4.42 Å². The molecule has 3 aromatic rings. The minimum Gasteiger partial charge on any atom is -0.443 e. The first-order chi connectivity index (χ1) is 12.5. The number of aryl methyl sites for hydroxylation is 1. The number of halogens is 2. The predicted molar refractivity (Wildman–Crippen MR) is 95.5 cm³/mol. The summed E-state index contributed by atoms with van der Waals surface area (Å²) in [7, 11) is -2.68. The molecule has 0 aliphatic carbocycles. The molecule has 136 valence electrons. The second kappa shape index (κ2) is 7.94. The number of nitrogens with one attached hydrogen (secondary N) is 1. The summed E-state index contributed by atoms with van der Waals surface area (Å²) in [5, 5.41) is 0.153. The lowest BCUT2D eigenvalue weighted by molar-refractivity contribution is 0.103. The zero-order valence-corrected chi connectivity index (χ0v) is 15.0. The quantitative estimate of drug-likeness (QED) is 0.364. The molecule has 1 heterocycles. The van der Waals surface area contributed by atoms with Crippen molar-refractivity contribution < 1.29 is 22.0 Å². The number of benzene rings is 2. The summed E-state index contributed by atoms with van der Waals surface area (Å²) in [5.74, 6) is -1.02. The van der Waals surface area contributed by atoms with E-state index in [1.807, 2.05) is 0 Å². The Labute approximate surface area is 155 Å². The molecular weight excluding hydrogens is 383 g/mol. The fourth-order valence-electron chi connectivity index (χ4n) is 2.59. The van der Waals surface area contributed by atoms with E-state index in [1.165, 1.54) is 18.5 Å². The number of aromatic nitrogens is 1. The van der Waals surface area contributed by atoms with Crippen LogP contribution >= 0.6 is 11.6 Å². The maximum Gasteiger partial charge on any atom is 0.201 e. The van der Waals surface area contributed by atoms with Crippen LogP contribution in [0.3, 0.4) is 0 Å². The van der Waals surface area contributed by atoms with Crippen LogP contribution in [0.15, 0.2) is 41.1 Å². The van der Waals surface area contributed by atoms with Crippen molar-refractivity contribution in [3.8, 4) is 0 Å². The number of ketones is 1. The van der Waals surface area contributed by atoms with Gasteiger partial charge in [-0.05, 0) is 48.7 Å². The average molecular weight is 397 g/mol. The monoisotopic (exact) mass is 396 g/mol.